The molecule has 9 nitrogen and oxygen atoms in total. The second kappa shape index (κ2) is 31.9. The molecule has 292 valence electrons. The average molecular weight is 702 g/mol. The quantitative estimate of drug-likeness (QED) is 0.0376. The molecule has 49 heavy (non-hydrogen) atoms. The van der Waals surface area contributed by atoms with Crippen molar-refractivity contribution in [3.8, 4) is 0 Å². The highest BCUT2D eigenvalue weighted by Crippen LogP contribution is 2.23. The molecule has 0 spiro atoms. The molecule has 1 amide bonds. The zero-order valence-corrected chi connectivity index (χ0v) is 31.7. The van der Waals surface area contributed by atoms with Gasteiger partial charge in [0.2, 0.25) is 5.91 Å². The summed E-state index contributed by atoms with van der Waals surface area (Å²) in [6, 6.07) is -0.709. The molecule has 1 rings (SSSR count). The Bertz CT molecular complexity index is 741. The molecule has 0 radical (unpaired) electrons. The van der Waals surface area contributed by atoms with Gasteiger partial charge in [-0.1, -0.05) is 174 Å². The van der Waals surface area contributed by atoms with E-state index in [9.17, 15) is 30.3 Å². The van der Waals surface area contributed by atoms with Crippen molar-refractivity contribution in [3.05, 3.63) is 0 Å². The molecule has 0 bridgehead atoms. The number of rotatable bonds is 34. The summed E-state index contributed by atoms with van der Waals surface area (Å²) in [5, 5.41) is 54.1. The first-order chi connectivity index (χ1) is 23.8. The number of hydrogen-bond donors (Lipinski definition) is 6. The highest BCUT2D eigenvalue weighted by atomic mass is 16.7. The van der Waals surface area contributed by atoms with E-state index in [-0.39, 0.29) is 12.5 Å². The molecule has 2 unspecified atom stereocenters. The molecule has 1 fully saturated rings. The van der Waals surface area contributed by atoms with Gasteiger partial charge in [-0.25, -0.2) is 0 Å². The number of amides is 1. The van der Waals surface area contributed by atoms with Crippen LogP contribution in [0.4, 0.5) is 0 Å². The van der Waals surface area contributed by atoms with Crippen LogP contribution >= 0.6 is 0 Å². The molecule has 1 aliphatic heterocycles. The van der Waals surface area contributed by atoms with Crippen molar-refractivity contribution < 1.29 is 39.8 Å². The first kappa shape index (κ1) is 46.2. The van der Waals surface area contributed by atoms with Crippen LogP contribution in [0.3, 0.4) is 0 Å². The maximum Gasteiger partial charge on any atom is 0.220 e. The van der Waals surface area contributed by atoms with Gasteiger partial charge in [-0.15, -0.1) is 0 Å². The molecule has 1 aliphatic rings. The minimum atomic E-state index is -1.55. The monoisotopic (exact) mass is 702 g/mol. The van der Waals surface area contributed by atoms with Crippen LogP contribution in [0.25, 0.3) is 0 Å². The molecule has 1 saturated heterocycles. The van der Waals surface area contributed by atoms with Crippen LogP contribution in [0.5, 0.6) is 0 Å². The van der Waals surface area contributed by atoms with Gasteiger partial charge in [0.15, 0.2) is 6.29 Å². The van der Waals surface area contributed by atoms with E-state index in [1.54, 1.807) is 0 Å². The van der Waals surface area contributed by atoms with Gasteiger partial charge in [-0.3, -0.25) is 4.79 Å². The van der Waals surface area contributed by atoms with Crippen molar-refractivity contribution in [3.63, 3.8) is 0 Å². The lowest BCUT2D eigenvalue weighted by Crippen LogP contribution is -2.60. The lowest BCUT2D eigenvalue weighted by Gasteiger charge is -2.40. The van der Waals surface area contributed by atoms with Crippen molar-refractivity contribution >= 4 is 5.91 Å². The summed E-state index contributed by atoms with van der Waals surface area (Å²) in [6.45, 7) is 3.81. The van der Waals surface area contributed by atoms with Gasteiger partial charge in [0, 0.05) is 6.42 Å². The summed E-state index contributed by atoms with van der Waals surface area (Å²) < 4.78 is 11.2. The number of nitrogens with one attached hydrogen (secondary N) is 1. The zero-order valence-electron chi connectivity index (χ0n) is 31.7. The van der Waals surface area contributed by atoms with E-state index in [1.165, 1.54) is 128 Å². The lowest BCUT2D eigenvalue weighted by atomic mass is 9.99. The minimum Gasteiger partial charge on any atom is -0.394 e. The Morgan fingerprint density at radius 3 is 1.45 bits per heavy atom. The number of aliphatic hydroxyl groups excluding tert-OH is 5. The third-order valence-electron chi connectivity index (χ3n) is 10.2. The molecular weight excluding hydrogens is 622 g/mol. The fourth-order valence-corrected chi connectivity index (χ4v) is 6.81. The minimum absolute atomic E-state index is 0.133. The molecule has 7 atom stereocenters. The summed E-state index contributed by atoms with van der Waals surface area (Å²) in [5.74, 6) is -0.144. The number of unbranched alkanes of at least 4 members (excludes halogenated alkanes) is 24. The summed E-state index contributed by atoms with van der Waals surface area (Å²) >= 11 is 0. The molecule has 0 aromatic carbocycles. The molecule has 1 heterocycles. The van der Waals surface area contributed by atoms with E-state index in [4.69, 9.17) is 9.47 Å². The summed E-state index contributed by atoms with van der Waals surface area (Å²) in [7, 11) is 0. The standard InChI is InChI=1S/C40H79NO8/c1-3-5-7-9-11-13-15-16-17-18-19-20-22-24-26-28-30-36(44)41-33(32-48-40-39(47)38(46)37(45)35(31-42)49-40)34(43)29-27-25-23-21-14-12-10-8-6-4-2/h33-35,37-40,42-43,45-47H,3-32H2,1-2H3,(H,41,44)/t33-,34+,35+,37-,38?,39?,40+/m0/s1. The van der Waals surface area contributed by atoms with Gasteiger partial charge < -0.3 is 40.3 Å². The van der Waals surface area contributed by atoms with Gasteiger partial charge in [-0.05, 0) is 12.8 Å². The van der Waals surface area contributed by atoms with Gasteiger partial charge in [0.25, 0.3) is 0 Å². The van der Waals surface area contributed by atoms with E-state index in [0.717, 1.165) is 38.5 Å². The maximum absolute atomic E-state index is 12.9. The number of aliphatic hydroxyl groups is 5. The zero-order chi connectivity index (χ0) is 36.0. The van der Waals surface area contributed by atoms with Crippen LogP contribution in [0.1, 0.15) is 194 Å². The topological polar surface area (TPSA) is 149 Å². The smallest absolute Gasteiger partial charge is 0.220 e. The summed E-state index contributed by atoms with van der Waals surface area (Å²) in [4.78, 5) is 12.9. The van der Waals surface area contributed by atoms with E-state index in [2.05, 4.69) is 19.2 Å². The van der Waals surface area contributed by atoms with Crippen molar-refractivity contribution in [2.75, 3.05) is 13.2 Å². The van der Waals surface area contributed by atoms with Crippen LogP contribution in [0.2, 0.25) is 0 Å². The molecular formula is C40H79NO8. The Morgan fingerprint density at radius 2 is 1.02 bits per heavy atom. The second-order valence-corrected chi connectivity index (χ2v) is 14.8. The van der Waals surface area contributed by atoms with Crippen LogP contribution in [0.15, 0.2) is 0 Å². The van der Waals surface area contributed by atoms with Crippen LogP contribution in [-0.4, -0.2) is 87.5 Å². The fraction of sp³-hybridized carbons (Fsp3) is 0.975. The van der Waals surface area contributed by atoms with Crippen molar-refractivity contribution in [1.29, 1.82) is 0 Å². The van der Waals surface area contributed by atoms with E-state index < -0.39 is 49.5 Å². The van der Waals surface area contributed by atoms with Crippen molar-refractivity contribution in [1.82, 2.24) is 5.32 Å². The second-order valence-electron chi connectivity index (χ2n) is 14.8. The van der Waals surface area contributed by atoms with Gasteiger partial charge in [-0.2, -0.15) is 0 Å². The Balaban J connectivity index is 2.34. The van der Waals surface area contributed by atoms with E-state index in [0.29, 0.717) is 12.8 Å². The first-order valence-corrected chi connectivity index (χ1v) is 20.7. The SMILES string of the molecule is CCCCCCCCCCCCCCCCCCC(=O)N[C@@H](CO[C@@H]1O[C@H](CO)[C@H](O)C(O)C1O)[C@H](O)CCCCCCCCCCCC. The normalized spacial score (nSPS) is 22.3. The van der Waals surface area contributed by atoms with E-state index in [1.807, 2.05) is 0 Å². The van der Waals surface area contributed by atoms with Crippen LogP contribution in [0, 0.1) is 0 Å². The number of carbonyl (C=O) groups is 1. The highest BCUT2D eigenvalue weighted by molar-refractivity contribution is 5.76. The molecule has 0 aliphatic carbocycles. The summed E-state index contributed by atoms with van der Waals surface area (Å²) in [6.07, 6.45) is 25.4. The summed E-state index contributed by atoms with van der Waals surface area (Å²) in [5.41, 5.74) is 0. The predicted octanol–water partition coefficient (Wildman–Crippen LogP) is 7.61. The largest absolute Gasteiger partial charge is 0.394 e. The number of hydrogen-bond acceptors (Lipinski definition) is 8. The highest BCUT2D eigenvalue weighted by Gasteiger charge is 2.44. The average Bonchev–Trinajstić information content (AvgIpc) is 3.10. The molecule has 0 saturated carbocycles. The predicted molar refractivity (Wildman–Crippen MR) is 198 cm³/mol. The van der Waals surface area contributed by atoms with Gasteiger partial charge in [0.1, 0.15) is 24.4 Å². The van der Waals surface area contributed by atoms with Gasteiger partial charge >= 0.3 is 0 Å². The fourth-order valence-electron chi connectivity index (χ4n) is 6.81. The Hall–Kier alpha value is -0.810. The van der Waals surface area contributed by atoms with Crippen LogP contribution in [-0.2, 0) is 14.3 Å². The third-order valence-corrected chi connectivity index (χ3v) is 10.2. The Kier molecular flexibility index (Phi) is 30.1. The Labute approximate surface area is 300 Å². The molecule has 9 heteroatoms. The third kappa shape index (κ3) is 23.4. The Morgan fingerprint density at radius 1 is 0.612 bits per heavy atom. The van der Waals surface area contributed by atoms with Gasteiger partial charge in [0.05, 0.1) is 25.4 Å². The molecule has 0 aromatic heterocycles. The molecule has 0 aromatic rings. The lowest BCUT2D eigenvalue weighted by molar-refractivity contribution is -0.302. The molecule has 6 N–H and O–H groups in total. The maximum atomic E-state index is 12.9. The van der Waals surface area contributed by atoms with Crippen LogP contribution < -0.4 is 5.32 Å². The number of ether oxygens (including phenoxy) is 2. The van der Waals surface area contributed by atoms with E-state index >= 15 is 0 Å². The first-order valence-electron chi connectivity index (χ1n) is 20.7. The number of carbonyl (C=O) groups excluding carboxylic acids is 1. The van der Waals surface area contributed by atoms with Crippen molar-refractivity contribution in [2.24, 2.45) is 0 Å². The van der Waals surface area contributed by atoms with Crippen molar-refractivity contribution in [2.45, 2.75) is 236 Å².